The summed E-state index contributed by atoms with van der Waals surface area (Å²) in [6, 6.07) is 3.90. The molecule has 0 atom stereocenters. The van der Waals surface area contributed by atoms with Crippen LogP contribution in [0.5, 0.6) is 0 Å². The molecule has 0 aliphatic carbocycles. The van der Waals surface area contributed by atoms with Gasteiger partial charge in [0.05, 0.1) is 5.69 Å². The van der Waals surface area contributed by atoms with Gasteiger partial charge in [-0.05, 0) is 37.9 Å². The molecule has 1 aromatic rings. The molecule has 1 aromatic heterocycles. The summed E-state index contributed by atoms with van der Waals surface area (Å²) in [6.45, 7) is 5.90. The Morgan fingerprint density at radius 1 is 1.48 bits per heavy atom. The van der Waals surface area contributed by atoms with Gasteiger partial charge in [-0.2, -0.15) is 0 Å². The van der Waals surface area contributed by atoms with E-state index in [2.05, 4.69) is 16.8 Å². The molecule has 1 saturated heterocycles. The topological polar surface area (TPSA) is 62.5 Å². The molecular formula is C16H26N4O. The van der Waals surface area contributed by atoms with E-state index in [4.69, 9.17) is 5.73 Å². The van der Waals surface area contributed by atoms with Gasteiger partial charge in [0.25, 0.3) is 5.91 Å². The van der Waals surface area contributed by atoms with Crippen LogP contribution in [0.15, 0.2) is 18.3 Å². The van der Waals surface area contributed by atoms with E-state index in [-0.39, 0.29) is 5.91 Å². The predicted octanol–water partition coefficient (Wildman–Crippen LogP) is 1.49. The predicted molar refractivity (Wildman–Crippen MR) is 84.0 cm³/mol. The fourth-order valence-corrected chi connectivity index (χ4v) is 2.94. The van der Waals surface area contributed by atoms with Crippen molar-refractivity contribution in [2.75, 3.05) is 26.7 Å². The van der Waals surface area contributed by atoms with E-state index in [9.17, 15) is 4.79 Å². The van der Waals surface area contributed by atoms with E-state index >= 15 is 0 Å². The second kappa shape index (κ2) is 7.52. The Morgan fingerprint density at radius 2 is 2.19 bits per heavy atom. The van der Waals surface area contributed by atoms with E-state index in [0.717, 1.165) is 38.2 Å². The van der Waals surface area contributed by atoms with Gasteiger partial charge < -0.3 is 15.5 Å². The molecule has 0 spiro atoms. The van der Waals surface area contributed by atoms with Crippen molar-refractivity contribution in [2.45, 2.75) is 38.8 Å². The molecule has 5 nitrogen and oxygen atoms in total. The minimum atomic E-state index is 0.0704. The fourth-order valence-electron chi connectivity index (χ4n) is 2.94. The maximum atomic E-state index is 12.6. The van der Waals surface area contributed by atoms with Gasteiger partial charge in [0.1, 0.15) is 0 Å². The summed E-state index contributed by atoms with van der Waals surface area (Å²) >= 11 is 0. The summed E-state index contributed by atoms with van der Waals surface area (Å²) in [5.74, 6) is 0.0704. The molecule has 1 aliphatic heterocycles. The standard InChI is InChI=1S/C16H26N4O/c1-3-8-20-9-5-15(6-10-20)19(2)16(21)13-4-7-18-14(11-13)12-17/h4,7,11,15H,3,5-6,8-10,12,17H2,1-2H3. The van der Waals surface area contributed by atoms with Gasteiger partial charge in [-0.3, -0.25) is 9.78 Å². The zero-order chi connectivity index (χ0) is 15.2. The molecule has 1 amide bonds. The summed E-state index contributed by atoms with van der Waals surface area (Å²) in [7, 11) is 1.91. The highest BCUT2D eigenvalue weighted by Gasteiger charge is 2.25. The van der Waals surface area contributed by atoms with Crippen molar-refractivity contribution >= 4 is 5.91 Å². The Morgan fingerprint density at radius 3 is 2.81 bits per heavy atom. The quantitative estimate of drug-likeness (QED) is 0.892. The van der Waals surface area contributed by atoms with Crippen LogP contribution in [0.3, 0.4) is 0 Å². The molecule has 0 saturated carbocycles. The van der Waals surface area contributed by atoms with Crippen molar-refractivity contribution in [2.24, 2.45) is 5.73 Å². The first-order chi connectivity index (χ1) is 10.2. The minimum absolute atomic E-state index is 0.0704. The third-order valence-electron chi connectivity index (χ3n) is 4.24. The number of pyridine rings is 1. The SMILES string of the molecule is CCCN1CCC(N(C)C(=O)c2ccnc(CN)c2)CC1. The molecule has 0 aromatic carbocycles. The molecule has 21 heavy (non-hydrogen) atoms. The van der Waals surface area contributed by atoms with Crippen molar-refractivity contribution in [1.82, 2.24) is 14.8 Å². The van der Waals surface area contributed by atoms with Crippen molar-refractivity contribution in [3.63, 3.8) is 0 Å². The van der Waals surface area contributed by atoms with E-state index in [1.54, 1.807) is 18.3 Å². The number of carbonyl (C=O) groups is 1. The van der Waals surface area contributed by atoms with Gasteiger partial charge in [-0.1, -0.05) is 6.92 Å². The van der Waals surface area contributed by atoms with E-state index < -0.39 is 0 Å². The molecule has 0 bridgehead atoms. The van der Waals surface area contributed by atoms with Crippen molar-refractivity contribution in [3.8, 4) is 0 Å². The third kappa shape index (κ3) is 4.02. The number of amides is 1. The van der Waals surface area contributed by atoms with Gasteiger partial charge in [0, 0.05) is 44.5 Å². The van der Waals surface area contributed by atoms with E-state index in [1.165, 1.54) is 6.42 Å². The average Bonchev–Trinajstić information content (AvgIpc) is 2.54. The van der Waals surface area contributed by atoms with Gasteiger partial charge >= 0.3 is 0 Å². The van der Waals surface area contributed by atoms with Crippen molar-refractivity contribution < 1.29 is 4.79 Å². The van der Waals surface area contributed by atoms with Gasteiger partial charge in [0.15, 0.2) is 0 Å². The highest BCUT2D eigenvalue weighted by atomic mass is 16.2. The number of likely N-dealkylation sites (tertiary alicyclic amines) is 1. The van der Waals surface area contributed by atoms with Gasteiger partial charge in [-0.15, -0.1) is 0 Å². The Balaban J connectivity index is 1.96. The summed E-state index contributed by atoms with van der Waals surface area (Å²) < 4.78 is 0. The van der Waals surface area contributed by atoms with Crippen LogP contribution in [0.1, 0.15) is 42.2 Å². The first kappa shape index (κ1) is 15.9. The van der Waals surface area contributed by atoms with Crippen LogP contribution in [-0.4, -0.2) is 53.4 Å². The number of rotatable bonds is 5. The lowest BCUT2D eigenvalue weighted by Crippen LogP contribution is -2.45. The van der Waals surface area contributed by atoms with Crippen LogP contribution in [0.25, 0.3) is 0 Å². The van der Waals surface area contributed by atoms with Crippen LogP contribution in [0.4, 0.5) is 0 Å². The zero-order valence-corrected chi connectivity index (χ0v) is 13.1. The molecule has 2 rings (SSSR count). The molecule has 2 heterocycles. The number of aromatic nitrogens is 1. The van der Waals surface area contributed by atoms with E-state index in [0.29, 0.717) is 18.2 Å². The number of hydrogen-bond donors (Lipinski definition) is 1. The first-order valence-electron chi connectivity index (χ1n) is 7.80. The largest absolute Gasteiger partial charge is 0.339 e. The number of carbonyl (C=O) groups excluding carboxylic acids is 1. The minimum Gasteiger partial charge on any atom is -0.339 e. The smallest absolute Gasteiger partial charge is 0.253 e. The highest BCUT2D eigenvalue weighted by Crippen LogP contribution is 2.18. The molecule has 0 unspecified atom stereocenters. The maximum absolute atomic E-state index is 12.6. The summed E-state index contributed by atoms with van der Waals surface area (Å²) in [5, 5.41) is 0. The molecule has 2 N–H and O–H groups in total. The lowest BCUT2D eigenvalue weighted by Gasteiger charge is -2.36. The summed E-state index contributed by atoms with van der Waals surface area (Å²) in [6.07, 6.45) is 4.96. The molecule has 1 fully saturated rings. The number of nitrogens with zero attached hydrogens (tertiary/aromatic N) is 3. The molecule has 1 aliphatic rings. The lowest BCUT2D eigenvalue weighted by atomic mass is 10.0. The van der Waals surface area contributed by atoms with Crippen molar-refractivity contribution in [3.05, 3.63) is 29.6 Å². The van der Waals surface area contributed by atoms with Crippen LogP contribution < -0.4 is 5.73 Å². The molecule has 5 heteroatoms. The van der Waals surface area contributed by atoms with Crippen LogP contribution in [-0.2, 0) is 6.54 Å². The van der Waals surface area contributed by atoms with Crippen LogP contribution in [0, 0.1) is 0 Å². The van der Waals surface area contributed by atoms with Gasteiger partial charge in [-0.25, -0.2) is 0 Å². The second-order valence-electron chi connectivity index (χ2n) is 5.73. The Hall–Kier alpha value is -1.46. The number of nitrogens with two attached hydrogens (primary N) is 1. The molecule has 116 valence electrons. The third-order valence-corrected chi connectivity index (χ3v) is 4.24. The maximum Gasteiger partial charge on any atom is 0.253 e. The number of hydrogen-bond acceptors (Lipinski definition) is 4. The van der Waals surface area contributed by atoms with Gasteiger partial charge in [0.2, 0.25) is 0 Å². The molecular weight excluding hydrogens is 264 g/mol. The Bertz CT molecular complexity index is 469. The van der Waals surface area contributed by atoms with E-state index in [1.807, 2.05) is 11.9 Å². The highest BCUT2D eigenvalue weighted by molar-refractivity contribution is 5.94. The second-order valence-corrected chi connectivity index (χ2v) is 5.73. The zero-order valence-electron chi connectivity index (χ0n) is 13.1. The fraction of sp³-hybridized carbons (Fsp3) is 0.625. The summed E-state index contributed by atoms with van der Waals surface area (Å²) in [4.78, 5) is 21.1. The molecule has 0 radical (unpaired) electrons. The Kier molecular flexibility index (Phi) is 5.70. The van der Waals surface area contributed by atoms with Crippen LogP contribution >= 0.6 is 0 Å². The first-order valence-corrected chi connectivity index (χ1v) is 7.80. The average molecular weight is 290 g/mol. The normalized spacial score (nSPS) is 16.9. The summed E-state index contributed by atoms with van der Waals surface area (Å²) in [5.41, 5.74) is 7.03. The number of piperidine rings is 1. The lowest BCUT2D eigenvalue weighted by molar-refractivity contribution is 0.0642. The van der Waals surface area contributed by atoms with Crippen molar-refractivity contribution in [1.29, 1.82) is 0 Å². The Labute approximate surface area is 127 Å². The monoisotopic (exact) mass is 290 g/mol. The van der Waals surface area contributed by atoms with Crippen LogP contribution in [0.2, 0.25) is 0 Å².